The zero-order chi connectivity index (χ0) is 24.9. The van der Waals surface area contributed by atoms with Crippen LogP contribution in [0.25, 0.3) is 0 Å². The summed E-state index contributed by atoms with van der Waals surface area (Å²) in [6.07, 6.45) is 0. The third kappa shape index (κ3) is 5.78. The Kier molecular flexibility index (Phi) is 7.99. The number of methoxy groups -OCH3 is 1. The minimum absolute atomic E-state index is 0.136. The molecule has 0 aliphatic rings. The molecule has 7 heteroatoms. The number of ether oxygens (including phenoxy) is 1. The Hall–Kier alpha value is -3.32. The molecule has 34 heavy (non-hydrogen) atoms. The van der Waals surface area contributed by atoms with Crippen LogP contribution in [0, 0.1) is 6.92 Å². The number of nitrogens with zero attached hydrogens (tertiary/aromatic N) is 1. The second-order valence-corrected chi connectivity index (χ2v) is 10.5. The Balaban J connectivity index is 1.92. The van der Waals surface area contributed by atoms with Crippen LogP contribution in [0.3, 0.4) is 0 Å². The van der Waals surface area contributed by atoms with Gasteiger partial charge in [0.25, 0.3) is 10.0 Å². The van der Waals surface area contributed by atoms with Gasteiger partial charge in [0, 0.05) is 5.56 Å². The van der Waals surface area contributed by atoms with E-state index in [4.69, 9.17) is 4.74 Å². The lowest BCUT2D eigenvalue weighted by atomic mass is 10.0. The summed E-state index contributed by atoms with van der Waals surface area (Å²) >= 11 is 0. The predicted octanol–water partition coefficient (Wildman–Crippen LogP) is 5.20. The van der Waals surface area contributed by atoms with Gasteiger partial charge in [-0.05, 0) is 55.7 Å². The monoisotopic (exact) mass is 480 g/mol. The first-order chi connectivity index (χ1) is 16.1. The molecular formula is C27H32N2O4S. The maximum atomic E-state index is 13.6. The molecule has 3 rings (SSSR count). The molecule has 0 spiro atoms. The molecule has 0 aromatic heterocycles. The van der Waals surface area contributed by atoms with Gasteiger partial charge in [-0.3, -0.25) is 9.10 Å². The first-order valence-corrected chi connectivity index (χ1v) is 12.7. The number of amides is 1. The van der Waals surface area contributed by atoms with Crippen molar-refractivity contribution in [2.75, 3.05) is 18.0 Å². The number of benzene rings is 3. The van der Waals surface area contributed by atoms with Crippen LogP contribution in [-0.2, 0) is 14.8 Å². The summed E-state index contributed by atoms with van der Waals surface area (Å²) in [6, 6.07) is 21.0. The third-order valence-corrected chi connectivity index (χ3v) is 7.51. The number of anilines is 1. The molecule has 1 atom stereocenters. The molecule has 0 saturated heterocycles. The van der Waals surface area contributed by atoms with Crippen LogP contribution < -0.4 is 14.4 Å². The Morgan fingerprint density at radius 2 is 1.56 bits per heavy atom. The summed E-state index contributed by atoms with van der Waals surface area (Å²) in [5, 5.41) is 2.91. The zero-order valence-corrected chi connectivity index (χ0v) is 21.1. The summed E-state index contributed by atoms with van der Waals surface area (Å²) in [5.74, 6) is 0.548. The van der Waals surface area contributed by atoms with E-state index in [1.54, 1.807) is 43.5 Å². The van der Waals surface area contributed by atoms with E-state index in [9.17, 15) is 13.2 Å². The highest BCUT2D eigenvalue weighted by atomic mass is 32.2. The molecule has 0 radical (unpaired) electrons. The van der Waals surface area contributed by atoms with Gasteiger partial charge in [-0.15, -0.1) is 0 Å². The standard InChI is InChI=1S/C27H32N2O4S/c1-19(2)22-12-14-23(15-13-22)29(34(31,32)24-16-10-20(3)11-17-24)18-27(30)28-21(4)25-8-6-7-9-26(25)33-5/h6-17,19,21H,18H2,1-5H3,(H,28,30)/t21-/m0/s1. The fourth-order valence-corrected chi connectivity index (χ4v) is 5.12. The van der Waals surface area contributed by atoms with Gasteiger partial charge < -0.3 is 10.1 Å². The van der Waals surface area contributed by atoms with E-state index in [0.717, 1.165) is 21.0 Å². The van der Waals surface area contributed by atoms with Gasteiger partial charge in [0.05, 0.1) is 23.7 Å². The lowest BCUT2D eigenvalue weighted by molar-refractivity contribution is -0.120. The van der Waals surface area contributed by atoms with Crippen LogP contribution >= 0.6 is 0 Å². The Morgan fingerprint density at radius 3 is 2.15 bits per heavy atom. The van der Waals surface area contributed by atoms with Crippen LogP contribution in [0.5, 0.6) is 5.75 Å². The highest BCUT2D eigenvalue weighted by molar-refractivity contribution is 7.92. The van der Waals surface area contributed by atoms with Crippen LogP contribution in [-0.4, -0.2) is 28.0 Å². The minimum Gasteiger partial charge on any atom is -0.496 e. The summed E-state index contributed by atoms with van der Waals surface area (Å²) in [4.78, 5) is 13.2. The number of sulfonamides is 1. The van der Waals surface area contributed by atoms with Gasteiger partial charge in [0.1, 0.15) is 12.3 Å². The van der Waals surface area contributed by atoms with E-state index in [1.807, 2.05) is 50.2 Å². The van der Waals surface area contributed by atoms with E-state index < -0.39 is 15.9 Å². The molecule has 3 aromatic rings. The molecule has 3 aromatic carbocycles. The zero-order valence-electron chi connectivity index (χ0n) is 20.3. The number of nitrogens with one attached hydrogen (secondary N) is 1. The first kappa shape index (κ1) is 25.3. The maximum absolute atomic E-state index is 13.6. The Bertz CT molecular complexity index is 1220. The second-order valence-electron chi connectivity index (χ2n) is 8.60. The largest absolute Gasteiger partial charge is 0.496 e. The van der Waals surface area contributed by atoms with Crippen molar-refractivity contribution in [2.24, 2.45) is 0 Å². The smallest absolute Gasteiger partial charge is 0.264 e. The number of para-hydroxylation sites is 1. The molecule has 0 fully saturated rings. The lowest BCUT2D eigenvalue weighted by Crippen LogP contribution is -2.41. The molecular weight excluding hydrogens is 448 g/mol. The number of rotatable bonds is 9. The Morgan fingerprint density at radius 1 is 0.941 bits per heavy atom. The number of carbonyl (C=O) groups is 1. The van der Waals surface area contributed by atoms with Gasteiger partial charge in [-0.25, -0.2) is 8.42 Å². The lowest BCUT2D eigenvalue weighted by Gasteiger charge is -2.26. The fourth-order valence-electron chi connectivity index (χ4n) is 3.70. The summed E-state index contributed by atoms with van der Waals surface area (Å²) in [7, 11) is -2.39. The van der Waals surface area contributed by atoms with Crippen molar-refractivity contribution in [3.63, 3.8) is 0 Å². The normalized spacial score (nSPS) is 12.3. The molecule has 0 saturated carbocycles. The summed E-state index contributed by atoms with van der Waals surface area (Å²) in [5.41, 5.74) is 3.29. The number of aryl methyl sites for hydroxylation is 1. The van der Waals surface area contributed by atoms with Crippen molar-refractivity contribution in [2.45, 2.75) is 44.6 Å². The minimum atomic E-state index is -3.96. The molecule has 0 heterocycles. The topological polar surface area (TPSA) is 75.7 Å². The third-order valence-electron chi connectivity index (χ3n) is 5.73. The number of hydrogen-bond acceptors (Lipinski definition) is 4. The predicted molar refractivity (Wildman–Crippen MR) is 136 cm³/mol. The van der Waals surface area contributed by atoms with E-state index in [0.29, 0.717) is 17.4 Å². The van der Waals surface area contributed by atoms with Gasteiger partial charge in [0.2, 0.25) is 5.91 Å². The van der Waals surface area contributed by atoms with E-state index in [1.165, 1.54) is 0 Å². The molecule has 0 aliphatic heterocycles. The molecule has 0 bridgehead atoms. The van der Waals surface area contributed by atoms with Gasteiger partial charge in [-0.2, -0.15) is 0 Å². The molecule has 0 aliphatic carbocycles. The van der Waals surface area contributed by atoms with E-state index in [-0.39, 0.29) is 17.5 Å². The fraction of sp³-hybridized carbons (Fsp3) is 0.296. The first-order valence-electron chi connectivity index (χ1n) is 11.2. The Labute approximate surface area is 202 Å². The van der Waals surface area contributed by atoms with Crippen LogP contribution in [0.1, 0.15) is 49.4 Å². The highest BCUT2D eigenvalue weighted by Crippen LogP contribution is 2.27. The van der Waals surface area contributed by atoms with Crippen LogP contribution in [0.15, 0.2) is 77.7 Å². The number of carbonyl (C=O) groups excluding carboxylic acids is 1. The van der Waals surface area contributed by atoms with Crippen molar-refractivity contribution in [1.82, 2.24) is 5.32 Å². The average Bonchev–Trinajstić information content (AvgIpc) is 2.82. The summed E-state index contributed by atoms with van der Waals surface area (Å²) < 4.78 is 33.7. The van der Waals surface area contributed by atoms with Crippen molar-refractivity contribution < 1.29 is 17.9 Å². The maximum Gasteiger partial charge on any atom is 0.264 e. The SMILES string of the molecule is COc1ccccc1[C@H](C)NC(=O)CN(c1ccc(C(C)C)cc1)S(=O)(=O)c1ccc(C)cc1. The van der Waals surface area contributed by atoms with Crippen molar-refractivity contribution in [3.8, 4) is 5.75 Å². The van der Waals surface area contributed by atoms with Crippen molar-refractivity contribution in [3.05, 3.63) is 89.5 Å². The number of hydrogen-bond donors (Lipinski definition) is 1. The van der Waals surface area contributed by atoms with Crippen molar-refractivity contribution in [1.29, 1.82) is 0 Å². The quantitative estimate of drug-likeness (QED) is 0.457. The molecule has 6 nitrogen and oxygen atoms in total. The van der Waals surface area contributed by atoms with Gasteiger partial charge in [0.15, 0.2) is 0 Å². The molecule has 180 valence electrons. The van der Waals surface area contributed by atoms with E-state index in [2.05, 4.69) is 19.2 Å². The van der Waals surface area contributed by atoms with Crippen LogP contribution in [0.4, 0.5) is 5.69 Å². The van der Waals surface area contributed by atoms with Gasteiger partial charge in [-0.1, -0.05) is 61.9 Å². The van der Waals surface area contributed by atoms with Crippen molar-refractivity contribution >= 4 is 21.6 Å². The second kappa shape index (κ2) is 10.7. The average molecular weight is 481 g/mol. The highest BCUT2D eigenvalue weighted by Gasteiger charge is 2.28. The van der Waals surface area contributed by atoms with E-state index >= 15 is 0 Å². The molecule has 1 N–H and O–H groups in total. The molecule has 1 amide bonds. The summed E-state index contributed by atoms with van der Waals surface area (Å²) in [6.45, 7) is 7.53. The molecule has 0 unspecified atom stereocenters. The van der Waals surface area contributed by atoms with Gasteiger partial charge >= 0.3 is 0 Å². The van der Waals surface area contributed by atoms with Crippen LogP contribution in [0.2, 0.25) is 0 Å².